The van der Waals surface area contributed by atoms with Crippen molar-refractivity contribution in [2.45, 2.75) is 83.5 Å². The van der Waals surface area contributed by atoms with Crippen LogP contribution in [0.25, 0.3) is 0 Å². The second-order valence-electron chi connectivity index (χ2n) is 8.77. The smallest absolute Gasteiger partial charge is 0.141 e. The Labute approximate surface area is 164 Å². The Morgan fingerprint density at radius 1 is 1.00 bits per heavy atom. The van der Waals surface area contributed by atoms with E-state index < -0.39 is 0 Å². The standard InChI is InChI=1S/C25H34FN/c1-2-3-4-19-5-7-20(8-6-19)9-10-21-11-13-22(14-12-21)23-15-16-24(18-27)25(26)17-23/h9-10,15-17,19-22H,2-8,11-14H2,1H3/b10-9+/t19-,20-,21-,22-. The second-order valence-corrected chi connectivity index (χ2v) is 8.77. The lowest BCUT2D eigenvalue weighted by atomic mass is 9.76. The van der Waals surface area contributed by atoms with Crippen LogP contribution in [-0.2, 0) is 0 Å². The van der Waals surface area contributed by atoms with Crippen LogP contribution in [0.3, 0.4) is 0 Å². The van der Waals surface area contributed by atoms with Crippen LogP contribution in [0, 0.1) is 34.9 Å². The second kappa shape index (κ2) is 10.1. The van der Waals surface area contributed by atoms with Crippen molar-refractivity contribution in [3.8, 4) is 6.07 Å². The molecule has 0 aliphatic heterocycles. The molecule has 146 valence electrons. The Balaban J connectivity index is 1.43. The molecule has 0 spiro atoms. The highest BCUT2D eigenvalue weighted by atomic mass is 19.1. The van der Waals surface area contributed by atoms with E-state index >= 15 is 0 Å². The predicted octanol–water partition coefficient (Wildman–Crippen LogP) is 7.52. The van der Waals surface area contributed by atoms with Crippen molar-refractivity contribution in [2.24, 2.45) is 17.8 Å². The van der Waals surface area contributed by atoms with Gasteiger partial charge in [-0.2, -0.15) is 5.26 Å². The largest absolute Gasteiger partial charge is 0.206 e. The van der Waals surface area contributed by atoms with Gasteiger partial charge in [0.1, 0.15) is 11.9 Å². The van der Waals surface area contributed by atoms with E-state index in [1.54, 1.807) is 12.1 Å². The van der Waals surface area contributed by atoms with Crippen LogP contribution in [0.1, 0.15) is 94.6 Å². The summed E-state index contributed by atoms with van der Waals surface area (Å²) < 4.78 is 13.9. The van der Waals surface area contributed by atoms with Crippen molar-refractivity contribution in [3.05, 3.63) is 47.3 Å². The van der Waals surface area contributed by atoms with Crippen LogP contribution in [-0.4, -0.2) is 0 Å². The summed E-state index contributed by atoms with van der Waals surface area (Å²) in [6.07, 6.45) is 19.4. The normalized spacial score (nSPS) is 28.9. The summed E-state index contributed by atoms with van der Waals surface area (Å²) in [5.74, 6) is 2.56. The Hall–Kier alpha value is -1.62. The average Bonchev–Trinajstić information content (AvgIpc) is 2.72. The Morgan fingerprint density at radius 2 is 1.63 bits per heavy atom. The Bertz CT molecular complexity index is 655. The molecule has 0 amide bonds. The van der Waals surface area contributed by atoms with Gasteiger partial charge in [-0.05, 0) is 92.7 Å². The van der Waals surface area contributed by atoms with E-state index in [0.29, 0.717) is 11.8 Å². The fourth-order valence-corrected chi connectivity index (χ4v) is 5.00. The molecule has 2 aliphatic rings. The number of halogens is 1. The van der Waals surface area contributed by atoms with E-state index in [-0.39, 0.29) is 11.4 Å². The molecule has 3 rings (SSSR count). The summed E-state index contributed by atoms with van der Waals surface area (Å²) in [6.45, 7) is 2.29. The predicted molar refractivity (Wildman–Crippen MR) is 110 cm³/mol. The maximum atomic E-state index is 13.9. The molecule has 27 heavy (non-hydrogen) atoms. The molecular formula is C25H34FN. The molecule has 0 radical (unpaired) electrons. The first-order chi connectivity index (χ1) is 13.2. The van der Waals surface area contributed by atoms with E-state index in [4.69, 9.17) is 5.26 Å². The van der Waals surface area contributed by atoms with E-state index in [1.807, 2.05) is 12.1 Å². The van der Waals surface area contributed by atoms with Gasteiger partial charge >= 0.3 is 0 Å². The molecule has 1 nitrogen and oxygen atoms in total. The molecule has 1 aromatic rings. The highest BCUT2D eigenvalue weighted by Crippen LogP contribution is 2.38. The monoisotopic (exact) mass is 367 g/mol. The number of hydrogen-bond donors (Lipinski definition) is 0. The first-order valence-corrected chi connectivity index (χ1v) is 11.1. The van der Waals surface area contributed by atoms with Crippen LogP contribution in [0.4, 0.5) is 4.39 Å². The SMILES string of the molecule is CCCC[C@H]1CC[C@H](/C=C/[C@H]2CC[C@H](c3ccc(C#N)c(F)c3)CC2)CC1. The zero-order chi connectivity index (χ0) is 19.1. The minimum atomic E-state index is -0.369. The molecule has 2 saturated carbocycles. The summed E-state index contributed by atoms with van der Waals surface area (Å²) in [5.41, 5.74) is 1.22. The molecule has 0 unspecified atom stereocenters. The first kappa shape index (κ1) is 20.1. The van der Waals surface area contributed by atoms with Gasteiger partial charge in [-0.1, -0.05) is 44.4 Å². The molecule has 0 saturated heterocycles. The maximum absolute atomic E-state index is 13.9. The molecule has 2 heteroatoms. The van der Waals surface area contributed by atoms with Crippen LogP contribution < -0.4 is 0 Å². The number of allylic oxidation sites excluding steroid dienone is 2. The third kappa shape index (κ3) is 5.68. The molecule has 0 atom stereocenters. The summed E-state index contributed by atoms with van der Waals surface area (Å²) in [4.78, 5) is 0. The molecule has 1 aromatic carbocycles. The topological polar surface area (TPSA) is 23.8 Å². The van der Waals surface area contributed by atoms with Crippen LogP contribution in [0.15, 0.2) is 30.4 Å². The first-order valence-electron chi connectivity index (χ1n) is 11.1. The molecule has 2 fully saturated rings. The molecular weight excluding hydrogens is 333 g/mol. The zero-order valence-electron chi connectivity index (χ0n) is 16.8. The summed E-state index contributed by atoms with van der Waals surface area (Å²) in [6, 6.07) is 7.06. The van der Waals surface area contributed by atoms with Gasteiger partial charge in [-0.3, -0.25) is 0 Å². The number of unbranched alkanes of at least 4 members (excludes halogenated alkanes) is 1. The van der Waals surface area contributed by atoms with E-state index in [2.05, 4.69) is 19.1 Å². The number of nitrogens with zero attached hydrogens (tertiary/aromatic N) is 1. The minimum Gasteiger partial charge on any atom is -0.206 e. The van der Waals surface area contributed by atoms with Gasteiger partial charge in [-0.25, -0.2) is 4.39 Å². The van der Waals surface area contributed by atoms with Crippen molar-refractivity contribution < 1.29 is 4.39 Å². The van der Waals surface area contributed by atoms with Gasteiger partial charge in [0.25, 0.3) is 0 Å². The summed E-state index contributed by atoms with van der Waals surface area (Å²) in [7, 11) is 0. The van der Waals surface area contributed by atoms with Gasteiger partial charge in [0.05, 0.1) is 5.56 Å². The Kier molecular flexibility index (Phi) is 7.50. The fraction of sp³-hybridized carbons (Fsp3) is 0.640. The number of benzene rings is 1. The van der Waals surface area contributed by atoms with Gasteiger partial charge in [0.15, 0.2) is 0 Å². The lowest BCUT2D eigenvalue weighted by molar-refractivity contribution is 0.289. The maximum Gasteiger partial charge on any atom is 0.141 e. The highest BCUT2D eigenvalue weighted by Gasteiger charge is 2.23. The average molecular weight is 368 g/mol. The lowest BCUT2D eigenvalue weighted by Crippen LogP contribution is -2.14. The summed E-state index contributed by atoms with van der Waals surface area (Å²) >= 11 is 0. The zero-order valence-corrected chi connectivity index (χ0v) is 16.8. The molecule has 0 heterocycles. The van der Waals surface area contributed by atoms with Crippen molar-refractivity contribution in [1.82, 2.24) is 0 Å². The van der Waals surface area contributed by atoms with Crippen molar-refractivity contribution in [1.29, 1.82) is 5.26 Å². The van der Waals surface area contributed by atoms with Crippen molar-refractivity contribution in [2.75, 3.05) is 0 Å². The third-order valence-corrected chi connectivity index (χ3v) is 6.87. The lowest BCUT2D eigenvalue weighted by Gasteiger charge is -2.29. The third-order valence-electron chi connectivity index (χ3n) is 6.87. The van der Waals surface area contributed by atoms with Crippen LogP contribution in [0.2, 0.25) is 0 Å². The highest BCUT2D eigenvalue weighted by molar-refractivity contribution is 5.35. The minimum absolute atomic E-state index is 0.153. The number of rotatable bonds is 6. The van der Waals surface area contributed by atoms with Crippen molar-refractivity contribution >= 4 is 0 Å². The van der Waals surface area contributed by atoms with E-state index in [0.717, 1.165) is 30.2 Å². The van der Waals surface area contributed by atoms with Crippen LogP contribution >= 0.6 is 0 Å². The molecule has 2 aliphatic carbocycles. The van der Waals surface area contributed by atoms with Gasteiger partial charge in [-0.15, -0.1) is 0 Å². The van der Waals surface area contributed by atoms with Crippen LogP contribution in [0.5, 0.6) is 0 Å². The number of hydrogen-bond acceptors (Lipinski definition) is 1. The van der Waals surface area contributed by atoms with Crippen molar-refractivity contribution in [3.63, 3.8) is 0 Å². The van der Waals surface area contributed by atoms with Gasteiger partial charge in [0.2, 0.25) is 0 Å². The number of nitriles is 1. The summed E-state index contributed by atoms with van der Waals surface area (Å²) in [5, 5.41) is 8.88. The van der Waals surface area contributed by atoms with E-state index in [9.17, 15) is 4.39 Å². The fourth-order valence-electron chi connectivity index (χ4n) is 5.00. The molecule has 0 bridgehead atoms. The van der Waals surface area contributed by atoms with E-state index in [1.165, 1.54) is 57.8 Å². The Morgan fingerprint density at radius 3 is 2.19 bits per heavy atom. The quantitative estimate of drug-likeness (QED) is 0.477. The van der Waals surface area contributed by atoms with Gasteiger partial charge in [0, 0.05) is 0 Å². The van der Waals surface area contributed by atoms with Gasteiger partial charge < -0.3 is 0 Å². The molecule has 0 aromatic heterocycles. The molecule has 0 N–H and O–H groups in total.